The third-order valence-electron chi connectivity index (χ3n) is 3.48. The van der Waals surface area contributed by atoms with Crippen LogP contribution in [0.15, 0.2) is 0 Å². The molecular formula is C14H30N2. The van der Waals surface area contributed by atoms with Gasteiger partial charge in [-0.3, -0.25) is 0 Å². The standard InChI is InChI=1S/C14H30N2/c1-13(2)6-4-8-15-9-11-16-10-5-7-14(3)12-16/h13-15H,4-12H2,1-3H3. The van der Waals surface area contributed by atoms with Crippen molar-refractivity contribution >= 4 is 0 Å². The van der Waals surface area contributed by atoms with Crippen molar-refractivity contribution in [3.05, 3.63) is 0 Å². The first kappa shape index (κ1) is 14.0. The van der Waals surface area contributed by atoms with E-state index in [9.17, 15) is 0 Å². The molecule has 96 valence electrons. The van der Waals surface area contributed by atoms with Crippen molar-refractivity contribution in [3.63, 3.8) is 0 Å². The number of likely N-dealkylation sites (tertiary alicyclic amines) is 1. The smallest absolute Gasteiger partial charge is 0.0107 e. The molecule has 2 heteroatoms. The molecule has 0 aromatic rings. The first-order valence-electron chi connectivity index (χ1n) is 7.11. The molecule has 0 aromatic carbocycles. The van der Waals surface area contributed by atoms with Crippen LogP contribution in [0.2, 0.25) is 0 Å². The van der Waals surface area contributed by atoms with Gasteiger partial charge in [0.05, 0.1) is 0 Å². The van der Waals surface area contributed by atoms with E-state index in [-0.39, 0.29) is 0 Å². The predicted octanol–water partition coefficient (Wildman–Crippen LogP) is 2.74. The number of hydrogen-bond acceptors (Lipinski definition) is 2. The molecule has 0 spiro atoms. The Kier molecular flexibility index (Phi) is 7.06. The zero-order valence-electron chi connectivity index (χ0n) is 11.5. The molecule has 0 amide bonds. The largest absolute Gasteiger partial charge is 0.315 e. The van der Waals surface area contributed by atoms with E-state index in [1.165, 1.54) is 58.4 Å². The molecule has 1 aliphatic heterocycles. The van der Waals surface area contributed by atoms with Crippen molar-refractivity contribution < 1.29 is 0 Å². The SMILES string of the molecule is CC(C)CCCNCCN1CCCC(C)C1. The molecule has 1 atom stereocenters. The third-order valence-corrected chi connectivity index (χ3v) is 3.48. The molecular weight excluding hydrogens is 196 g/mol. The Balaban J connectivity index is 1.90. The summed E-state index contributed by atoms with van der Waals surface area (Å²) in [6.45, 7) is 13.2. The lowest BCUT2D eigenvalue weighted by Gasteiger charge is -2.30. The summed E-state index contributed by atoms with van der Waals surface area (Å²) in [5, 5.41) is 3.56. The molecule has 1 saturated heterocycles. The number of nitrogens with zero attached hydrogens (tertiary/aromatic N) is 1. The number of rotatable bonds is 7. The van der Waals surface area contributed by atoms with Gasteiger partial charge in [0, 0.05) is 19.6 Å². The highest BCUT2D eigenvalue weighted by atomic mass is 15.1. The predicted molar refractivity (Wildman–Crippen MR) is 71.8 cm³/mol. The van der Waals surface area contributed by atoms with Crippen molar-refractivity contribution in [2.45, 2.75) is 46.5 Å². The van der Waals surface area contributed by atoms with Gasteiger partial charge in [0.1, 0.15) is 0 Å². The summed E-state index contributed by atoms with van der Waals surface area (Å²) in [5.74, 6) is 1.76. The highest BCUT2D eigenvalue weighted by molar-refractivity contribution is 4.70. The van der Waals surface area contributed by atoms with Gasteiger partial charge in [-0.2, -0.15) is 0 Å². The molecule has 0 aromatic heterocycles. The number of nitrogens with one attached hydrogen (secondary N) is 1. The molecule has 1 heterocycles. The maximum Gasteiger partial charge on any atom is 0.0107 e. The van der Waals surface area contributed by atoms with Gasteiger partial charge in [-0.25, -0.2) is 0 Å². The molecule has 0 bridgehead atoms. The Hall–Kier alpha value is -0.0800. The van der Waals surface area contributed by atoms with Crippen LogP contribution in [0, 0.1) is 11.8 Å². The maximum atomic E-state index is 3.56. The molecule has 1 aliphatic rings. The fraction of sp³-hybridized carbons (Fsp3) is 1.00. The van der Waals surface area contributed by atoms with Gasteiger partial charge in [0.25, 0.3) is 0 Å². The summed E-state index contributed by atoms with van der Waals surface area (Å²) in [6, 6.07) is 0. The molecule has 0 saturated carbocycles. The van der Waals surface area contributed by atoms with Gasteiger partial charge >= 0.3 is 0 Å². The van der Waals surface area contributed by atoms with Crippen LogP contribution in [-0.2, 0) is 0 Å². The minimum absolute atomic E-state index is 0.852. The quantitative estimate of drug-likeness (QED) is 0.672. The first-order chi connectivity index (χ1) is 7.68. The Morgan fingerprint density at radius 3 is 2.81 bits per heavy atom. The van der Waals surface area contributed by atoms with E-state index < -0.39 is 0 Å². The topological polar surface area (TPSA) is 15.3 Å². The number of hydrogen-bond donors (Lipinski definition) is 1. The Bertz CT molecular complexity index is 168. The van der Waals surface area contributed by atoms with Gasteiger partial charge in [-0.05, 0) is 50.6 Å². The second-order valence-corrected chi connectivity index (χ2v) is 5.83. The van der Waals surface area contributed by atoms with Crippen LogP contribution in [0.5, 0.6) is 0 Å². The van der Waals surface area contributed by atoms with Crippen molar-refractivity contribution in [2.24, 2.45) is 11.8 Å². The van der Waals surface area contributed by atoms with Crippen molar-refractivity contribution in [3.8, 4) is 0 Å². The van der Waals surface area contributed by atoms with E-state index in [2.05, 4.69) is 31.0 Å². The second kappa shape index (κ2) is 8.08. The molecule has 1 unspecified atom stereocenters. The monoisotopic (exact) mass is 226 g/mol. The van der Waals surface area contributed by atoms with Crippen LogP contribution >= 0.6 is 0 Å². The molecule has 0 aliphatic carbocycles. The van der Waals surface area contributed by atoms with Crippen LogP contribution in [-0.4, -0.2) is 37.6 Å². The van der Waals surface area contributed by atoms with E-state index >= 15 is 0 Å². The molecule has 1 fully saturated rings. The van der Waals surface area contributed by atoms with Crippen LogP contribution in [0.25, 0.3) is 0 Å². The third kappa shape index (κ3) is 6.49. The van der Waals surface area contributed by atoms with E-state index in [1.54, 1.807) is 0 Å². The van der Waals surface area contributed by atoms with Crippen LogP contribution in [0.4, 0.5) is 0 Å². The first-order valence-corrected chi connectivity index (χ1v) is 7.11. The molecule has 16 heavy (non-hydrogen) atoms. The highest BCUT2D eigenvalue weighted by Crippen LogP contribution is 2.14. The second-order valence-electron chi connectivity index (χ2n) is 5.83. The summed E-state index contributed by atoms with van der Waals surface area (Å²) in [4.78, 5) is 2.61. The lowest BCUT2D eigenvalue weighted by Crippen LogP contribution is -2.39. The van der Waals surface area contributed by atoms with E-state index in [0.717, 1.165) is 11.8 Å². The van der Waals surface area contributed by atoms with Gasteiger partial charge in [-0.1, -0.05) is 20.8 Å². The minimum Gasteiger partial charge on any atom is -0.315 e. The minimum atomic E-state index is 0.852. The van der Waals surface area contributed by atoms with Gasteiger partial charge in [0.15, 0.2) is 0 Å². The maximum absolute atomic E-state index is 3.56. The average molecular weight is 226 g/mol. The van der Waals surface area contributed by atoms with Crippen molar-refractivity contribution in [1.29, 1.82) is 0 Å². The normalized spacial score (nSPS) is 22.9. The fourth-order valence-electron chi connectivity index (χ4n) is 2.49. The Morgan fingerprint density at radius 1 is 1.31 bits per heavy atom. The average Bonchev–Trinajstić information content (AvgIpc) is 2.23. The van der Waals surface area contributed by atoms with E-state index in [4.69, 9.17) is 0 Å². The summed E-state index contributed by atoms with van der Waals surface area (Å²) >= 11 is 0. The molecule has 2 nitrogen and oxygen atoms in total. The van der Waals surface area contributed by atoms with Crippen molar-refractivity contribution in [2.75, 3.05) is 32.7 Å². The molecule has 1 N–H and O–H groups in total. The zero-order chi connectivity index (χ0) is 11.8. The van der Waals surface area contributed by atoms with Crippen molar-refractivity contribution in [1.82, 2.24) is 10.2 Å². The van der Waals surface area contributed by atoms with Crippen LogP contribution in [0.1, 0.15) is 46.5 Å². The van der Waals surface area contributed by atoms with Gasteiger partial charge in [0.2, 0.25) is 0 Å². The van der Waals surface area contributed by atoms with Crippen LogP contribution < -0.4 is 5.32 Å². The van der Waals surface area contributed by atoms with Gasteiger partial charge < -0.3 is 10.2 Å². The summed E-state index contributed by atoms with van der Waals surface area (Å²) in [6.07, 6.45) is 5.51. The lowest BCUT2D eigenvalue weighted by molar-refractivity contribution is 0.184. The summed E-state index contributed by atoms with van der Waals surface area (Å²) in [7, 11) is 0. The lowest BCUT2D eigenvalue weighted by atomic mass is 10.0. The van der Waals surface area contributed by atoms with E-state index in [1.807, 2.05) is 0 Å². The fourth-order valence-corrected chi connectivity index (χ4v) is 2.49. The van der Waals surface area contributed by atoms with Gasteiger partial charge in [-0.15, -0.1) is 0 Å². The Morgan fingerprint density at radius 2 is 2.12 bits per heavy atom. The number of piperidine rings is 1. The zero-order valence-corrected chi connectivity index (χ0v) is 11.5. The Labute approximate surface area is 102 Å². The van der Waals surface area contributed by atoms with E-state index in [0.29, 0.717) is 0 Å². The van der Waals surface area contributed by atoms with Crippen LogP contribution in [0.3, 0.4) is 0 Å². The summed E-state index contributed by atoms with van der Waals surface area (Å²) in [5.41, 5.74) is 0. The molecule has 1 rings (SSSR count). The summed E-state index contributed by atoms with van der Waals surface area (Å²) < 4.78 is 0. The molecule has 0 radical (unpaired) electrons. The highest BCUT2D eigenvalue weighted by Gasteiger charge is 2.14.